The van der Waals surface area contributed by atoms with Crippen LogP contribution in [0.2, 0.25) is 5.15 Å². The molecule has 2 N–H and O–H groups in total. The standard InChI is InChI=1S/C12H10BrClN4O3/c13-6-3-7(8(14)15-4-6)9(19)18-2-1-12(5-18)10(20)16-11(21)17-12/h3-4H,1-2,5H2,(H2,16,17,20,21). The topological polar surface area (TPSA) is 91.4 Å². The number of pyridine rings is 1. The number of aromatic nitrogens is 1. The Kier molecular flexibility index (Phi) is 3.37. The second-order valence-corrected chi connectivity index (χ2v) is 6.23. The Morgan fingerprint density at radius 1 is 1.48 bits per heavy atom. The smallest absolute Gasteiger partial charge is 0.322 e. The lowest BCUT2D eigenvalue weighted by Crippen LogP contribution is -2.49. The number of urea groups is 1. The molecule has 21 heavy (non-hydrogen) atoms. The second-order valence-electron chi connectivity index (χ2n) is 4.96. The molecule has 2 fully saturated rings. The fraction of sp³-hybridized carbons (Fsp3) is 0.333. The van der Waals surface area contributed by atoms with Crippen LogP contribution in [0.3, 0.4) is 0 Å². The van der Waals surface area contributed by atoms with Gasteiger partial charge in [0.25, 0.3) is 11.8 Å². The molecule has 7 nitrogen and oxygen atoms in total. The zero-order chi connectivity index (χ0) is 15.2. The summed E-state index contributed by atoms with van der Waals surface area (Å²) in [6.45, 7) is 0.474. The van der Waals surface area contributed by atoms with Gasteiger partial charge in [-0.15, -0.1) is 0 Å². The number of nitrogens with zero attached hydrogens (tertiary/aromatic N) is 2. The van der Waals surface area contributed by atoms with Gasteiger partial charge in [0.1, 0.15) is 10.7 Å². The summed E-state index contributed by atoms with van der Waals surface area (Å²) in [6.07, 6.45) is 1.87. The van der Waals surface area contributed by atoms with Gasteiger partial charge in [0.2, 0.25) is 0 Å². The fourth-order valence-electron chi connectivity index (χ4n) is 2.54. The molecule has 9 heteroatoms. The summed E-state index contributed by atoms with van der Waals surface area (Å²) in [6, 6.07) is 1.05. The molecular weight excluding hydrogens is 364 g/mol. The first kappa shape index (κ1) is 14.3. The van der Waals surface area contributed by atoms with E-state index in [4.69, 9.17) is 11.6 Å². The predicted octanol–water partition coefficient (Wildman–Crippen LogP) is 0.922. The summed E-state index contributed by atoms with van der Waals surface area (Å²) < 4.78 is 0.635. The molecule has 2 aliphatic heterocycles. The van der Waals surface area contributed by atoms with Crippen molar-refractivity contribution >= 4 is 45.4 Å². The molecule has 0 aromatic carbocycles. The quantitative estimate of drug-likeness (QED) is 0.566. The molecule has 0 saturated carbocycles. The molecule has 3 rings (SSSR count). The minimum absolute atomic E-state index is 0.101. The van der Waals surface area contributed by atoms with Gasteiger partial charge in [-0.1, -0.05) is 11.6 Å². The summed E-state index contributed by atoms with van der Waals surface area (Å²) in [4.78, 5) is 41.0. The summed E-state index contributed by atoms with van der Waals surface area (Å²) >= 11 is 9.18. The first-order valence-electron chi connectivity index (χ1n) is 6.15. The van der Waals surface area contributed by atoms with E-state index in [9.17, 15) is 14.4 Å². The Hall–Kier alpha value is -1.67. The molecule has 1 spiro atoms. The number of carbonyl (C=O) groups excluding carboxylic acids is 3. The molecule has 1 unspecified atom stereocenters. The first-order valence-corrected chi connectivity index (χ1v) is 7.32. The predicted molar refractivity (Wildman–Crippen MR) is 76.9 cm³/mol. The lowest BCUT2D eigenvalue weighted by molar-refractivity contribution is -0.123. The molecule has 2 aliphatic rings. The van der Waals surface area contributed by atoms with Crippen LogP contribution in [0.1, 0.15) is 16.8 Å². The Bertz CT molecular complexity index is 668. The molecule has 1 atom stereocenters. The minimum Gasteiger partial charge on any atom is -0.336 e. The average molecular weight is 374 g/mol. The third-order valence-electron chi connectivity index (χ3n) is 3.61. The maximum absolute atomic E-state index is 12.5. The van der Waals surface area contributed by atoms with Crippen LogP contribution in [0.15, 0.2) is 16.7 Å². The molecule has 2 saturated heterocycles. The van der Waals surface area contributed by atoms with Crippen molar-refractivity contribution in [2.75, 3.05) is 13.1 Å². The van der Waals surface area contributed by atoms with Gasteiger partial charge in [-0.2, -0.15) is 0 Å². The Balaban J connectivity index is 1.83. The van der Waals surface area contributed by atoms with Gasteiger partial charge >= 0.3 is 6.03 Å². The van der Waals surface area contributed by atoms with Crippen molar-refractivity contribution in [1.29, 1.82) is 0 Å². The highest BCUT2D eigenvalue weighted by Crippen LogP contribution is 2.27. The number of likely N-dealkylation sites (tertiary alicyclic amines) is 1. The first-order chi connectivity index (χ1) is 9.91. The molecule has 1 aromatic rings. The summed E-state index contributed by atoms with van der Waals surface area (Å²) in [5.74, 6) is -0.721. The zero-order valence-electron chi connectivity index (χ0n) is 10.7. The Morgan fingerprint density at radius 2 is 2.24 bits per heavy atom. The van der Waals surface area contributed by atoms with Crippen LogP contribution in [-0.4, -0.2) is 46.4 Å². The van der Waals surface area contributed by atoms with E-state index in [1.54, 1.807) is 6.07 Å². The highest BCUT2D eigenvalue weighted by molar-refractivity contribution is 9.10. The van der Waals surface area contributed by atoms with Crippen molar-refractivity contribution in [3.63, 3.8) is 0 Å². The van der Waals surface area contributed by atoms with E-state index in [2.05, 4.69) is 31.5 Å². The van der Waals surface area contributed by atoms with E-state index in [-0.39, 0.29) is 23.2 Å². The summed E-state index contributed by atoms with van der Waals surface area (Å²) in [7, 11) is 0. The van der Waals surface area contributed by atoms with Gasteiger partial charge < -0.3 is 10.2 Å². The number of carbonyl (C=O) groups is 3. The summed E-state index contributed by atoms with van der Waals surface area (Å²) in [5.41, 5.74) is -0.772. The van der Waals surface area contributed by atoms with Gasteiger partial charge in [0.05, 0.1) is 12.1 Å². The Morgan fingerprint density at radius 3 is 2.90 bits per heavy atom. The number of nitrogens with one attached hydrogen (secondary N) is 2. The van der Waals surface area contributed by atoms with Gasteiger partial charge in [-0.05, 0) is 28.4 Å². The number of amides is 4. The van der Waals surface area contributed by atoms with E-state index in [1.807, 2.05) is 0 Å². The monoisotopic (exact) mass is 372 g/mol. The summed E-state index contributed by atoms with van der Waals surface area (Å²) in [5, 5.41) is 4.89. The number of halogens is 2. The normalized spacial score (nSPS) is 24.4. The highest BCUT2D eigenvalue weighted by atomic mass is 79.9. The van der Waals surface area contributed by atoms with Crippen LogP contribution < -0.4 is 10.6 Å². The molecule has 0 radical (unpaired) electrons. The molecule has 3 heterocycles. The van der Waals surface area contributed by atoms with Crippen LogP contribution in [0.25, 0.3) is 0 Å². The van der Waals surface area contributed by atoms with Crippen LogP contribution in [0, 0.1) is 0 Å². The largest absolute Gasteiger partial charge is 0.336 e. The van der Waals surface area contributed by atoms with Crippen LogP contribution >= 0.6 is 27.5 Å². The maximum Gasteiger partial charge on any atom is 0.322 e. The number of hydrogen-bond donors (Lipinski definition) is 2. The van der Waals surface area contributed by atoms with Gasteiger partial charge in [0, 0.05) is 17.2 Å². The van der Waals surface area contributed by atoms with Crippen molar-refractivity contribution < 1.29 is 14.4 Å². The Labute approximate surface area is 133 Å². The maximum atomic E-state index is 12.5. The van der Waals surface area contributed by atoms with E-state index in [0.29, 0.717) is 17.4 Å². The van der Waals surface area contributed by atoms with Crippen molar-refractivity contribution in [2.24, 2.45) is 0 Å². The van der Waals surface area contributed by atoms with Gasteiger partial charge in [-0.25, -0.2) is 9.78 Å². The van der Waals surface area contributed by atoms with Crippen LogP contribution in [0.5, 0.6) is 0 Å². The highest BCUT2D eigenvalue weighted by Gasteiger charge is 2.51. The molecule has 4 amide bonds. The third kappa shape index (κ3) is 2.38. The van der Waals surface area contributed by atoms with Crippen LogP contribution in [0.4, 0.5) is 4.79 Å². The lowest BCUT2D eigenvalue weighted by atomic mass is 9.99. The number of rotatable bonds is 1. The van der Waals surface area contributed by atoms with Crippen molar-refractivity contribution in [2.45, 2.75) is 12.0 Å². The molecular formula is C12H10BrClN4O3. The number of hydrogen-bond acceptors (Lipinski definition) is 4. The van der Waals surface area contributed by atoms with E-state index in [0.717, 1.165) is 0 Å². The minimum atomic E-state index is -1.03. The van der Waals surface area contributed by atoms with Crippen molar-refractivity contribution in [1.82, 2.24) is 20.5 Å². The molecule has 1 aromatic heterocycles. The van der Waals surface area contributed by atoms with E-state index >= 15 is 0 Å². The van der Waals surface area contributed by atoms with E-state index in [1.165, 1.54) is 11.1 Å². The number of imide groups is 1. The molecule has 110 valence electrons. The fourth-order valence-corrected chi connectivity index (χ4v) is 3.06. The average Bonchev–Trinajstić information content (AvgIpc) is 2.97. The van der Waals surface area contributed by atoms with E-state index < -0.39 is 17.5 Å². The van der Waals surface area contributed by atoms with Crippen molar-refractivity contribution in [3.8, 4) is 0 Å². The second kappa shape index (κ2) is 4.96. The zero-order valence-corrected chi connectivity index (χ0v) is 13.0. The molecule has 0 bridgehead atoms. The third-order valence-corrected chi connectivity index (χ3v) is 4.34. The SMILES string of the molecule is O=C1NC(=O)C2(CCN(C(=O)c3cc(Br)cnc3Cl)C2)N1. The van der Waals surface area contributed by atoms with Crippen LogP contribution in [-0.2, 0) is 4.79 Å². The van der Waals surface area contributed by atoms with Crippen molar-refractivity contribution in [3.05, 3.63) is 27.5 Å². The molecule has 0 aliphatic carbocycles. The lowest BCUT2D eigenvalue weighted by Gasteiger charge is -2.21. The van der Waals surface area contributed by atoms with Gasteiger partial charge in [-0.3, -0.25) is 14.9 Å². The van der Waals surface area contributed by atoms with Gasteiger partial charge in [0.15, 0.2) is 0 Å².